The molecule has 2 unspecified atom stereocenters. The molecule has 5 heteroatoms. The Morgan fingerprint density at radius 1 is 0.521 bits per heavy atom. The highest BCUT2D eigenvalue weighted by Crippen LogP contribution is 2.14. The minimum absolute atomic E-state index is 0.0112. The van der Waals surface area contributed by atoms with Crippen LogP contribution in [0.1, 0.15) is 200 Å². The third-order valence-electron chi connectivity index (χ3n) is 9.51. The Balaban J connectivity index is 4.19. The van der Waals surface area contributed by atoms with Crippen LogP contribution in [-0.2, 0) is 9.59 Å². The number of allylic oxidation sites excluding steroid dienone is 4. The summed E-state index contributed by atoms with van der Waals surface area (Å²) in [4.78, 5) is 28.2. The van der Waals surface area contributed by atoms with E-state index in [1.807, 2.05) is 14.1 Å². The summed E-state index contributed by atoms with van der Waals surface area (Å²) in [5.74, 6) is -0.196. The molecule has 5 nitrogen and oxygen atoms in total. The van der Waals surface area contributed by atoms with E-state index in [1.54, 1.807) is 0 Å². The van der Waals surface area contributed by atoms with Crippen LogP contribution in [0.25, 0.3) is 0 Å². The predicted octanol–water partition coefficient (Wildman–Crippen LogP) is 11.5. The van der Waals surface area contributed by atoms with Gasteiger partial charge in [-0.3, -0.25) is 9.59 Å². The van der Waals surface area contributed by atoms with Gasteiger partial charge >= 0.3 is 0 Å². The van der Waals surface area contributed by atoms with Crippen LogP contribution in [0, 0.1) is 0 Å². The zero-order valence-electron chi connectivity index (χ0n) is 32.6. The van der Waals surface area contributed by atoms with Crippen LogP contribution in [0.15, 0.2) is 24.3 Å². The minimum atomic E-state index is -1.24. The second-order valence-corrected chi connectivity index (χ2v) is 14.6. The summed E-state index contributed by atoms with van der Waals surface area (Å²) in [6.07, 6.45) is 41.5. The Labute approximate surface area is 299 Å². The first kappa shape index (κ1) is 46.7. The molecule has 0 aromatic rings. The molecule has 0 heterocycles. The van der Waals surface area contributed by atoms with Crippen molar-refractivity contribution in [2.24, 2.45) is 0 Å². The third-order valence-corrected chi connectivity index (χ3v) is 9.51. The van der Waals surface area contributed by atoms with Crippen LogP contribution < -0.4 is 5.32 Å². The number of aliphatic hydroxyl groups excluding tert-OH is 1. The summed E-state index contributed by atoms with van der Waals surface area (Å²) in [6, 6.07) is -0.778. The first-order valence-corrected chi connectivity index (χ1v) is 20.9. The lowest BCUT2D eigenvalue weighted by molar-refractivity contribution is -0.135. The first-order chi connectivity index (χ1) is 23.4. The van der Waals surface area contributed by atoms with Crippen LogP contribution in [0.2, 0.25) is 0 Å². The van der Waals surface area contributed by atoms with Crippen LogP contribution in [0.4, 0.5) is 0 Å². The number of nitrogens with one attached hydrogen (secondary N) is 1. The van der Waals surface area contributed by atoms with E-state index in [0.29, 0.717) is 19.4 Å². The number of carbonyl (C=O) groups excluding carboxylic acids is 2. The second-order valence-electron chi connectivity index (χ2n) is 14.6. The molecule has 0 saturated carbocycles. The van der Waals surface area contributed by atoms with Gasteiger partial charge in [-0.2, -0.15) is 0 Å². The summed E-state index contributed by atoms with van der Waals surface area (Å²) in [5, 5.41) is 14.2. The maximum Gasteiger partial charge on any atom is 0.163 e. The van der Waals surface area contributed by atoms with E-state index in [4.69, 9.17) is 0 Å². The molecule has 0 aromatic heterocycles. The van der Waals surface area contributed by atoms with Gasteiger partial charge in [0.25, 0.3) is 0 Å². The number of hydrogen-bond acceptors (Lipinski definition) is 5. The number of carbonyl (C=O) groups is 2. The summed E-state index contributed by atoms with van der Waals surface area (Å²) in [7, 11) is 4.06. The highest BCUT2D eigenvalue weighted by atomic mass is 16.3. The van der Waals surface area contributed by atoms with Gasteiger partial charge in [0.05, 0.1) is 6.04 Å². The smallest absolute Gasteiger partial charge is 0.163 e. The lowest BCUT2D eigenvalue weighted by atomic mass is 9.95. The fourth-order valence-corrected chi connectivity index (χ4v) is 6.28. The van der Waals surface area contributed by atoms with Crippen LogP contribution in [-0.4, -0.2) is 60.9 Å². The number of rotatable bonds is 38. The summed E-state index contributed by atoms with van der Waals surface area (Å²) < 4.78 is 0. The van der Waals surface area contributed by atoms with Gasteiger partial charge in [-0.15, -0.1) is 0 Å². The van der Waals surface area contributed by atoms with Crippen molar-refractivity contribution in [2.45, 2.75) is 212 Å². The molecule has 0 bridgehead atoms. The number of nitrogens with zero attached hydrogens (tertiary/aromatic N) is 1. The van der Waals surface area contributed by atoms with Crippen molar-refractivity contribution in [3.05, 3.63) is 24.3 Å². The lowest BCUT2D eigenvalue weighted by Crippen LogP contribution is -2.50. The molecule has 0 aliphatic heterocycles. The van der Waals surface area contributed by atoms with Gasteiger partial charge in [0.2, 0.25) is 0 Å². The lowest BCUT2D eigenvalue weighted by Gasteiger charge is -2.23. The number of Topliss-reactive ketones (excluding diaryl/α,β-unsaturated/α-hetero) is 2. The fourth-order valence-electron chi connectivity index (χ4n) is 6.28. The van der Waals surface area contributed by atoms with Gasteiger partial charge in [0.1, 0.15) is 6.10 Å². The highest BCUT2D eigenvalue weighted by molar-refractivity contribution is 5.93. The average molecular weight is 675 g/mol. The Morgan fingerprint density at radius 2 is 0.875 bits per heavy atom. The second kappa shape index (κ2) is 37.0. The molecule has 2 atom stereocenters. The van der Waals surface area contributed by atoms with E-state index < -0.39 is 12.1 Å². The van der Waals surface area contributed by atoms with Crippen molar-refractivity contribution < 1.29 is 14.7 Å². The molecule has 0 spiro atoms. The standard InChI is InChI=1S/C43H82N2O3/c1-5-7-9-11-13-15-17-19-21-23-25-27-29-31-33-36-40(46)42(44-38-35-39-45(3)4)43(48)41(47)37-34-32-30-28-26-24-22-20-18-16-14-12-10-8-6-2/h19-22,42-44,48H,5-18,23-39H2,1-4H3. The molecular weight excluding hydrogens is 592 g/mol. The monoisotopic (exact) mass is 675 g/mol. The van der Waals surface area contributed by atoms with E-state index in [2.05, 4.69) is 48.4 Å². The number of unbranched alkanes of at least 4 members (excludes halogenated alkanes) is 22. The summed E-state index contributed by atoms with van der Waals surface area (Å²) in [6.45, 7) is 6.06. The average Bonchev–Trinajstić information content (AvgIpc) is 3.07. The van der Waals surface area contributed by atoms with Crippen molar-refractivity contribution in [3.8, 4) is 0 Å². The van der Waals surface area contributed by atoms with E-state index >= 15 is 0 Å². The van der Waals surface area contributed by atoms with Crippen molar-refractivity contribution in [1.82, 2.24) is 10.2 Å². The quantitative estimate of drug-likeness (QED) is 0.0504. The minimum Gasteiger partial charge on any atom is -0.383 e. The topological polar surface area (TPSA) is 69.6 Å². The highest BCUT2D eigenvalue weighted by Gasteiger charge is 2.30. The zero-order valence-corrected chi connectivity index (χ0v) is 32.6. The van der Waals surface area contributed by atoms with Gasteiger partial charge in [-0.25, -0.2) is 0 Å². The Hall–Kier alpha value is -1.30. The molecule has 0 rings (SSSR count). The Bertz CT molecular complexity index is 763. The molecule has 0 fully saturated rings. The maximum absolute atomic E-state index is 13.2. The van der Waals surface area contributed by atoms with Gasteiger partial charge in [-0.05, 0) is 97.8 Å². The van der Waals surface area contributed by atoms with Gasteiger partial charge in [0.15, 0.2) is 11.6 Å². The van der Waals surface area contributed by atoms with Crippen molar-refractivity contribution in [1.29, 1.82) is 0 Å². The van der Waals surface area contributed by atoms with Crippen LogP contribution in [0.5, 0.6) is 0 Å². The molecule has 0 aromatic carbocycles. The first-order valence-electron chi connectivity index (χ1n) is 20.9. The molecule has 2 N–H and O–H groups in total. The van der Waals surface area contributed by atoms with E-state index in [0.717, 1.165) is 64.3 Å². The number of ketones is 2. The third kappa shape index (κ3) is 31.9. The fraction of sp³-hybridized carbons (Fsp3) is 0.860. The Morgan fingerprint density at radius 3 is 1.27 bits per heavy atom. The maximum atomic E-state index is 13.2. The molecule has 0 saturated heterocycles. The summed E-state index contributed by atoms with van der Waals surface area (Å²) in [5.41, 5.74) is 0. The molecule has 282 valence electrons. The molecule has 0 radical (unpaired) electrons. The largest absolute Gasteiger partial charge is 0.383 e. The molecule has 0 amide bonds. The van der Waals surface area contributed by atoms with Crippen molar-refractivity contribution >= 4 is 11.6 Å². The number of hydrogen-bond donors (Lipinski definition) is 2. The zero-order chi connectivity index (χ0) is 35.3. The Kier molecular flexibility index (Phi) is 36.0. The van der Waals surface area contributed by atoms with E-state index in [9.17, 15) is 14.7 Å². The predicted molar refractivity (Wildman–Crippen MR) is 210 cm³/mol. The molecule has 48 heavy (non-hydrogen) atoms. The SMILES string of the molecule is CCCCCCCCC=CCCCCCCCC(=O)C(O)C(NCCCN(C)C)C(=O)CCCCCCCC=CCCCCCCCC. The van der Waals surface area contributed by atoms with Crippen LogP contribution >= 0.6 is 0 Å². The van der Waals surface area contributed by atoms with Gasteiger partial charge in [-0.1, -0.05) is 141 Å². The van der Waals surface area contributed by atoms with E-state index in [1.165, 1.54) is 116 Å². The summed E-state index contributed by atoms with van der Waals surface area (Å²) >= 11 is 0. The van der Waals surface area contributed by atoms with Crippen molar-refractivity contribution in [2.75, 3.05) is 27.2 Å². The molecule has 0 aliphatic carbocycles. The van der Waals surface area contributed by atoms with E-state index in [-0.39, 0.29) is 11.6 Å². The molecular formula is C43H82N2O3. The molecule has 0 aliphatic rings. The van der Waals surface area contributed by atoms with Crippen LogP contribution in [0.3, 0.4) is 0 Å². The van der Waals surface area contributed by atoms with Gasteiger partial charge < -0.3 is 15.3 Å². The van der Waals surface area contributed by atoms with Gasteiger partial charge in [0, 0.05) is 12.8 Å². The van der Waals surface area contributed by atoms with Crippen molar-refractivity contribution in [3.63, 3.8) is 0 Å². The normalized spacial score (nSPS) is 13.3. The number of aliphatic hydroxyl groups is 1.